The molecular weight excluding hydrogens is 571 g/mol. The molecule has 0 N–H and O–H groups in total. The van der Waals surface area contributed by atoms with E-state index in [0.29, 0.717) is 23.0 Å². The van der Waals surface area contributed by atoms with E-state index < -0.39 is 5.41 Å². The van der Waals surface area contributed by atoms with Crippen molar-refractivity contribution in [2.75, 3.05) is 0 Å². The van der Waals surface area contributed by atoms with Crippen molar-refractivity contribution in [2.45, 2.75) is 45.4 Å². The first-order chi connectivity index (χ1) is 17.5. The van der Waals surface area contributed by atoms with E-state index in [9.17, 15) is 10.5 Å². The van der Waals surface area contributed by atoms with Gasteiger partial charge >= 0.3 is 26.2 Å². The van der Waals surface area contributed by atoms with Gasteiger partial charge in [0.05, 0.1) is 23.7 Å². The number of hydrogen-bond acceptors (Lipinski definition) is 6. The Morgan fingerprint density at radius 3 is 2.16 bits per heavy atom. The Hall–Kier alpha value is -4.66. The first kappa shape index (κ1) is 27.9. The molecule has 0 radical (unpaired) electrons. The number of pyridine rings is 2. The van der Waals surface area contributed by atoms with Gasteiger partial charge < -0.3 is 19.2 Å². The van der Waals surface area contributed by atoms with Crippen LogP contribution in [0.15, 0.2) is 30.3 Å². The average Bonchev–Trinajstić information content (AvgIpc) is 3.51. The van der Waals surface area contributed by atoms with Gasteiger partial charge in [0.15, 0.2) is 0 Å². The molecule has 0 aliphatic heterocycles. The van der Waals surface area contributed by atoms with E-state index in [-0.39, 0.29) is 48.9 Å². The molecule has 0 saturated carbocycles. The van der Waals surface area contributed by atoms with Crippen LogP contribution in [0.1, 0.15) is 63.0 Å². The van der Waals surface area contributed by atoms with Crippen LogP contribution < -0.4 is 0 Å². The Labute approximate surface area is 234 Å². The quantitative estimate of drug-likeness (QED) is 0.246. The summed E-state index contributed by atoms with van der Waals surface area (Å²) in [7, 11) is 0. The third-order valence-electron chi connectivity index (χ3n) is 5.95. The van der Waals surface area contributed by atoms with Crippen LogP contribution in [0.3, 0.4) is 0 Å². The maximum atomic E-state index is 9.53. The molecule has 0 amide bonds. The van der Waals surface area contributed by atoms with Gasteiger partial charge in [0, 0.05) is 28.8 Å². The van der Waals surface area contributed by atoms with Crippen LogP contribution in [0, 0.1) is 48.5 Å². The summed E-state index contributed by atoms with van der Waals surface area (Å²) >= 11 is 0. The zero-order chi connectivity index (χ0) is 27.0. The summed E-state index contributed by atoms with van der Waals surface area (Å²) in [5.41, 5.74) is 1.35. The molecule has 0 saturated heterocycles. The van der Waals surface area contributed by atoms with Gasteiger partial charge in [0.1, 0.15) is 5.82 Å². The molecule has 4 rings (SSSR count). The smallest absolute Gasteiger partial charge is 0.402 e. The molecule has 38 heavy (non-hydrogen) atoms. The Morgan fingerprint density at radius 1 is 0.868 bits per heavy atom. The van der Waals surface area contributed by atoms with Crippen LogP contribution >= 0.6 is 0 Å². The number of hydrogen-bond donors (Lipinski definition) is 0. The summed E-state index contributed by atoms with van der Waals surface area (Å²) in [6.07, 6.45) is 5.40. The molecule has 4 heterocycles. The second-order valence-corrected chi connectivity index (χ2v) is 9.74. The summed E-state index contributed by atoms with van der Waals surface area (Å²) < 4.78 is 2.76. The minimum absolute atomic E-state index is 0. The van der Waals surface area contributed by atoms with E-state index in [1.54, 1.807) is 12.1 Å². The van der Waals surface area contributed by atoms with Gasteiger partial charge in [-0.05, 0) is 43.0 Å². The van der Waals surface area contributed by atoms with Crippen LogP contribution in [0.4, 0.5) is 11.6 Å². The molecule has 0 bridgehead atoms. The van der Waals surface area contributed by atoms with Gasteiger partial charge in [0.25, 0.3) is 12.1 Å². The predicted octanol–water partition coefficient (Wildman–Crippen LogP) is 4.91. The molecule has 4 aromatic rings. The standard InChI is InChI=1S/C27H20N10.Pd/c1-26(2,3)17-11-21(35-23(12-17)37-16-33-24(30-6)25(37)31-7)27(4,5)20-9-8-10-22(34-20)36-15-32-18(13-28)19(36)14-29;/h8-12H,1-5H3;/q-2;+2. The molecule has 0 fully saturated rings. The van der Waals surface area contributed by atoms with Gasteiger partial charge in [-0.15, -0.1) is 0 Å². The fraction of sp³-hybridized carbons (Fsp3) is 0.259. The van der Waals surface area contributed by atoms with Crippen LogP contribution in [-0.2, 0) is 31.3 Å². The second kappa shape index (κ2) is 10.4. The topological polar surface area (TPSA) is 118 Å². The Morgan fingerprint density at radius 2 is 1.55 bits per heavy atom. The molecule has 0 spiro atoms. The van der Waals surface area contributed by atoms with Crippen molar-refractivity contribution in [3.05, 3.63) is 94.2 Å². The molecule has 0 aliphatic carbocycles. The minimum Gasteiger partial charge on any atom is -0.402 e. The molecule has 10 nitrogen and oxygen atoms in total. The number of nitrogens with zero attached hydrogens (tertiary/aromatic N) is 10. The zero-order valence-corrected chi connectivity index (χ0v) is 22.7. The van der Waals surface area contributed by atoms with Gasteiger partial charge in [-0.2, -0.15) is 0 Å². The van der Waals surface area contributed by atoms with Gasteiger partial charge in [-0.25, -0.2) is 10.5 Å². The Balaban J connectivity index is 0.00000400. The van der Waals surface area contributed by atoms with Crippen molar-refractivity contribution < 1.29 is 20.4 Å². The summed E-state index contributed by atoms with van der Waals surface area (Å²) in [4.78, 5) is 24.3. The first-order valence-corrected chi connectivity index (χ1v) is 11.1. The maximum Gasteiger partial charge on any atom is 2.00 e. The summed E-state index contributed by atoms with van der Waals surface area (Å²) in [5, 5.41) is 18.8. The van der Waals surface area contributed by atoms with Gasteiger partial charge in [-0.3, -0.25) is 14.5 Å². The number of nitriles is 2. The maximum absolute atomic E-state index is 9.53. The zero-order valence-electron chi connectivity index (χ0n) is 21.2. The SMILES string of the molecule is [C-]#[N+]c1n[c-]n(-c2cc(C(C)(C)C)cc(C(C)(C)c3cccc(-n4[c-]nc(C#N)c4C#N)n3)n2)c1[N+]#[C-].[Pd+2]. The molecule has 0 aromatic carbocycles. The molecular formula is C27H20N10Pd. The first-order valence-electron chi connectivity index (χ1n) is 11.1. The van der Waals surface area contributed by atoms with E-state index in [1.807, 2.05) is 44.2 Å². The van der Waals surface area contributed by atoms with E-state index in [4.69, 9.17) is 23.1 Å². The van der Waals surface area contributed by atoms with Crippen molar-refractivity contribution in [2.24, 2.45) is 0 Å². The second-order valence-electron chi connectivity index (χ2n) is 9.74. The molecule has 4 aromatic heterocycles. The predicted molar refractivity (Wildman–Crippen MR) is 133 cm³/mol. The van der Waals surface area contributed by atoms with Crippen molar-refractivity contribution in [3.63, 3.8) is 0 Å². The van der Waals surface area contributed by atoms with Crippen molar-refractivity contribution in [3.8, 4) is 23.8 Å². The van der Waals surface area contributed by atoms with Crippen LogP contribution in [0.25, 0.3) is 21.3 Å². The molecule has 11 heteroatoms. The van der Waals surface area contributed by atoms with Crippen LogP contribution in [-0.4, -0.2) is 29.1 Å². The van der Waals surface area contributed by atoms with Crippen molar-refractivity contribution in [1.29, 1.82) is 10.5 Å². The minimum atomic E-state index is -0.723. The third-order valence-corrected chi connectivity index (χ3v) is 5.95. The average molecular weight is 591 g/mol. The van der Waals surface area contributed by atoms with E-state index in [2.05, 4.69) is 53.1 Å². The molecule has 0 aliphatic rings. The molecule has 0 unspecified atom stereocenters. The summed E-state index contributed by atoms with van der Waals surface area (Å²) in [6.45, 7) is 25.0. The normalized spacial score (nSPS) is 11.0. The molecule has 0 atom stereocenters. The van der Waals surface area contributed by atoms with E-state index in [0.717, 1.165) is 5.56 Å². The van der Waals surface area contributed by atoms with E-state index in [1.165, 1.54) is 9.13 Å². The Kier molecular flexibility index (Phi) is 7.62. The van der Waals surface area contributed by atoms with Crippen molar-refractivity contribution in [1.82, 2.24) is 29.1 Å². The van der Waals surface area contributed by atoms with Crippen molar-refractivity contribution >= 4 is 11.6 Å². The number of imidazole rings is 2. The van der Waals surface area contributed by atoms with Gasteiger partial charge in [-0.1, -0.05) is 51.0 Å². The number of aromatic nitrogens is 6. The van der Waals surface area contributed by atoms with Gasteiger partial charge in [0.2, 0.25) is 0 Å². The fourth-order valence-corrected chi connectivity index (χ4v) is 3.70. The molecule has 188 valence electrons. The largest absolute Gasteiger partial charge is 2.00 e. The Bertz CT molecular complexity index is 1690. The summed E-state index contributed by atoms with van der Waals surface area (Å²) in [6, 6.07) is 13.1. The monoisotopic (exact) mass is 590 g/mol. The van der Waals surface area contributed by atoms with E-state index >= 15 is 0 Å². The third kappa shape index (κ3) is 4.82. The number of rotatable bonds is 4. The fourth-order valence-electron chi connectivity index (χ4n) is 3.70. The summed E-state index contributed by atoms with van der Waals surface area (Å²) in [5.74, 6) is 0.830. The van der Waals surface area contributed by atoms with Crippen LogP contribution in [0.2, 0.25) is 0 Å². The van der Waals surface area contributed by atoms with Crippen LogP contribution in [0.5, 0.6) is 0 Å².